The van der Waals surface area contributed by atoms with Crippen molar-refractivity contribution in [3.8, 4) is 0 Å². The van der Waals surface area contributed by atoms with Gasteiger partial charge in [-0.3, -0.25) is 9.59 Å². The maximum absolute atomic E-state index is 13.1. The molecular formula is C19H26FNO6. The molecule has 1 amide bonds. The highest BCUT2D eigenvalue weighted by Crippen LogP contribution is 2.20. The number of carbonyl (C=O) groups excluding carboxylic acids is 2. The number of carboxylic acid groups (broad SMARTS) is 1. The average Bonchev–Trinajstić information content (AvgIpc) is 2.58. The Bertz CT molecular complexity index is 644. The van der Waals surface area contributed by atoms with Crippen LogP contribution in [0.4, 0.5) is 9.18 Å². The van der Waals surface area contributed by atoms with E-state index in [2.05, 4.69) is 5.32 Å². The van der Waals surface area contributed by atoms with Crippen molar-refractivity contribution in [3.63, 3.8) is 0 Å². The number of carboxylic acids is 1. The Hall–Kier alpha value is -2.64. The number of hydrogen-bond donors (Lipinski definition) is 2. The first-order valence-corrected chi connectivity index (χ1v) is 8.72. The van der Waals surface area contributed by atoms with Crippen LogP contribution in [0.1, 0.15) is 45.6 Å². The smallest absolute Gasteiger partial charge is 0.410 e. The quantitative estimate of drug-likeness (QED) is 0.501. The summed E-state index contributed by atoms with van der Waals surface area (Å²) in [5, 5.41) is 11.5. The molecule has 0 unspecified atom stereocenters. The number of carbonyl (C=O) groups is 3. The van der Waals surface area contributed by atoms with Crippen molar-refractivity contribution in [3.05, 3.63) is 35.6 Å². The fourth-order valence-corrected chi connectivity index (χ4v) is 2.15. The van der Waals surface area contributed by atoms with Crippen LogP contribution in [-0.2, 0) is 19.1 Å². The third kappa shape index (κ3) is 8.06. The highest BCUT2D eigenvalue weighted by molar-refractivity contribution is 5.72. The van der Waals surface area contributed by atoms with E-state index in [1.165, 1.54) is 24.3 Å². The van der Waals surface area contributed by atoms with Crippen molar-refractivity contribution in [2.75, 3.05) is 6.54 Å². The first kappa shape index (κ1) is 22.4. The molecule has 0 aliphatic heterocycles. The Morgan fingerprint density at radius 1 is 1.07 bits per heavy atom. The van der Waals surface area contributed by atoms with Gasteiger partial charge in [-0.15, -0.1) is 0 Å². The lowest BCUT2D eigenvalue weighted by Gasteiger charge is -2.23. The second-order valence-corrected chi connectivity index (χ2v) is 6.84. The van der Waals surface area contributed by atoms with Gasteiger partial charge in [0, 0.05) is 18.4 Å². The third-order valence-corrected chi connectivity index (χ3v) is 3.73. The minimum Gasteiger partial charge on any atom is -0.481 e. The molecule has 0 spiro atoms. The van der Waals surface area contributed by atoms with Crippen LogP contribution in [0.25, 0.3) is 0 Å². The average molecular weight is 383 g/mol. The van der Waals surface area contributed by atoms with Gasteiger partial charge in [0.1, 0.15) is 5.82 Å². The summed E-state index contributed by atoms with van der Waals surface area (Å²) in [7, 11) is 0. The van der Waals surface area contributed by atoms with E-state index in [0.29, 0.717) is 5.56 Å². The lowest BCUT2D eigenvalue weighted by molar-refractivity contribution is -0.178. The molecule has 0 fully saturated rings. The van der Waals surface area contributed by atoms with E-state index in [1.807, 2.05) is 0 Å². The van der Waals surface area contributed by atoms with Gasteiger partial charge in [-0.2, -0.15) is 0 Å². The molecule has 8 heteroatoms. The Morgan fingerprint density at radius 3 is 2.15 bits per heavy atom. The zero-order valence-electron chi connectivity index (χ0n) is 15.9. The lowest BCUT2D eigenvalue weighted by atomic mass is 9.96. The summed E-state index contributed by atoms with van der Waals surface area (Å²) in [5.41, 5.74) is 0.575. The van der Waals surface area contributed by atoms with E-state index < -0.39 is 36.1 Å². The van der Waals surface area contributed by atoms with Crippen molar-refractivity contribution in [2.45, 2.75) is 46.3 Å². The van der Waals surface area contributed by atoms with Crippen LogP contribution in [0.2, 0.25) is 0 Å². The number of rotatable bonds is 9. The number of nitrogens with one attached hydrogen (secondary N) is 1. The molecule has 1 aromatic rings. The summed E-state index contributed by atoms with van der Waals surface area (Å²) >= 11 is 0. The van der Waals surface area contributed by atoms with Crippen LogP contribution < -0.4 is 5.32 Å². The molecule has 7 nitrogen and oxygen atoms in total. The van der Waals surface area contributed by atoms with E-state index in [9.17, 15) is 18.8 Å². The second-order valence-electron chi connectivity index (χ2n) is 6.84. The molecule has 0 aliphatic rings. The first-order chi connectivity index (χ1) is 12.6. The van der Waals surface area contributed by atoms with Gasteiger partial charge in [-0.05, 0) is 17.7 Å². The van der Waals surface area contributed by atoms with Gasteiger partial charge in [0.2, 0.25) is 0 Å². The number of benzene rings is 1. The molecule has 0 saturated carbocycles. The van der Waals surface area contributed by atoms with Gasteiger partial charge in [0.15, 0.2) is 0 Å². The minimum atomic E-state index is -1.05. The molecule has 0 aromatic heterocycles. The van der Waals surface area contributed by atoms with Gasteiger partial charge in [-0.1, -0.05) is 39.8 Å². The predicted molar refractivity (Wildman–Crippen MR) is 95.4 cm³/mol. The number of aliphatic carboxylic acids is 1. The maximum atomic E-state index is 13.1. The van der Waals surface area contributed by atoms with Crippen molar-refractivity contribution < 1.29 is 33.4 Å². The van der Waals surface area contributed by atoms with Gasteiger partial charge in [-0.25, -0.2) is 9.18 Å². The van der Waals surface area contributed by atoms with Crippen LogP contribution >= 0.6 is 0 Å². The zero-order valence-corrected chi connectivity index (χ0v) is 15.9. The van der Waals surface area contributed by atoms with Crippen LogP contribution in [0.5, 0.6) is 0 Å². The predicted octanol–water partition coefficient (Wildman–Crippen LogP) is 3.29. The molecule has 0 radical (unpaired) electrons. The zero-order chi connectivity index (χ0) is 20.6. The molecule has 150 valence electrons. The van der Waals surface area contributed by atoms with Crippen LogP contribution in [0.3, 0.4) is 0 Å². The number of esters is 1. The summed E-state index contributed by atoms with van der Waals surface area (Å²) in [5.74, 6) is -3.16. The molecule has 0 bridgehead atoms. The van der Waals surface area contributed by atoms with Crippen LogP contribution in [0, 0.1) is 17.7 Å². The number of amides is 1. The van der Waals surface area contributed by atoms with Crippen molar-refractivity contribution in [2.24, 2.45) is 11.8 Å². The van der Waals surface area contributed by atoms with E-state index >= 15 is 0 Å². The van der Waals surface area contributed by atoms with Gasteiger partial charge in [0.05, 0.1) is 12.3 Å². The topological polar surface area (TPSA) is 102 Å². The highest BCUT2D eigenvalue weighted by atomic mass is 19.1. The summed E-state index contributed by atoms with van der Waals surface area (Å²) in [6.07, 6.45) is -2.13. The summed E-state index contributed by atoms with van der Waals surface area (Å²) < 4.78 is 23.4. The Morgan fingerprint density at radius 2 is 1.67 bits per heavy atom. The van der Waals surface area contributed by atoms with Gasteiger partial charge < -0.3 is 19.9 Å². The van der Waals surface area contributed by atoms with Crippen molar-refractivity contribution in [1.82, 2.24) is 5.32 Å². The van der Waals surface area contributed by atoms with Gasteiger partial charge >= 0.3 is 18.0 Å². The standard InChI is InChI=1S/C19H26FNO6/c1-11(2)17(24)26-18(12(3)4)27-19(25)21-10-14(9-16(22)23)13-5-7-15(20)8-6-13/h5-8,11-12,14,18H,9-10H2,1-4H3,(H,21,25)(H,22,23)/t14-,18-/m0/s1. The highest BCUT2D eigenvalue weighted by Gasteiger charge is 2.25. The monoisotopic (exact) mass is 383 g/mol. The maximum Gasteiger partial charge on any atom is 0.410 e. The molecule has 0 heterocycles. The molecule has 2 atom stereocenters. The largest absolute Gasteiger partial charge is 0.481 e. The normalized spacial score (nSPS) is 13.1. The van der Waals surface area contributed by atoms with Crippen LogP contribution in [0.15, 0.2) is 24.3 Å². The molecular weight excluding hydrogens is 357 g/mol. The van der Waals surface area contributed by atoms with E-state index in [0.717, 1.165) is 0 Å². The lowest BCUT2D eigenvalue weighted by Crippen LogP contribution is -2.37. The number of ether oxygens (including phenoxy) is 2. The molecule has 2 N–H and O–H groups in total. The summed E-state index contributed by atoms with van der Waals surface area (Å²) in [4.78, 5) is 34.8. The molecule has 0 saturated heterocycles. The van der Waals surface area contributed by atoms with E-state index in [-0.39, 0.29) is 24.8 Å². The van der Waals surface area contributed by atoms with Gasteiger partial charge in [0.25, 0.3) is 6.29 Å². The third-order valence-electron chi connectivity index (χ3n) is 3.73. The SMILES string of the molecule is CC(C)C(=O)O[C@@H](OC(=O)NC[C@H](CC(=O)O)c1ccc(F)cc1)C(C)C. The van der Waals surface area contributed by atoms with E-state index in [1.54, 1.807) is 27.7 Å². The number of halogens is 1. The Kier molecular flexibility index (Phi) is 8.71. The molecule has 0 aliphatic carbocycles. The summed E-state index contributed by atoms with van der Waals surface area (Å²) in [6, 6.07) is 5.39. The molecule has 1 rings (SSSR count). The van der Waals surface area contributed by atoms with E-state index in [4.69, 9.17) is 14.6 Å². The summed E-state index contributed by atoms with van der Waals surface area (Å²) in [6.45, 7) is 6.77. The van der Waals surface area contributed by atoms with Crippen LogP contribution in [-0.4, -0.2) is 36.0 Å². The minimum absolute atomic E-state index is 0.0281. The van der Waals surface area contributed by atoms with Crippen molar-refractivity contribution in [1.29, 1.82) is 0 Å². The number of alkyl carbamates (subject to hydrolysis) is 1. The Labute approximate surface area is 157 Å². The fourth-order valence-electron chi connectivity index (χ4n) is 2.15. The Balaban J connectivity index is 2.70. The first-order valence-electron chi connectivity index (χ1n) is 8.72. The fraction of sp³-hybridized carbons (Fsp3) is 0.526. The molecule has 27 heavy (non-hydrogen) atoms. The molecule has 1 aromatic carbocycles. The second kappa shape index (κ2) is 10.5. The van der Waals surface area contributed by atoms with Crippen molar-refractivity contribution >= 4 is 18.0 Å². The number of hydrogen-bond acceptors (Lipinski definition) is 5.